The van der Waals surface area contributed by atoms with Crippen LogP contribution in [-0.2, 0) is 0 Å². The molecule has 0 unspecified atom stereocenters. The van der Waals surface area contributed by atoms with Crippen molar-refractivity contribution in [1.29, 1.82) is 0 Å². The predicted octanol–water partition coefficient (Wildman–Crippen LogP) is 0.242. The average Bonchev–Trinajstić information content (AvgIpc) is 2.50. The van der Waals surface area contributed by atoms with E-state index in [1.807, 2.05) is 0 Å². The van der Waals surface area contributed by atoms with Crippen molar-refractivity contribution in [2.24, 2.45) is 23.7 Å². The van der Waals surface area contributed by atoms with Crippen LogP contribution in [0.25, 0.3) is 0 Å². The van der Waals surface area contributed by atoms with Crippen LogP contribution in [0.5, 0.6) is 0 Å². The first-order valence-corrected chi connectivity index (χ1v) is 5.07. The van der Waals surface area contributed by atoms with E-state index in [1.165, 1.54) is 0 Å². The highest BCUT2D eigenvalue weighted by molar-refractivity contribution is 4.86. The monoisotopic (exact) mass is 188 g/mol. The van der Waals surface area contributed by atoms with Crippen molar-refractivity contribution in [2.75, 3.05) is 19.8 Å². The molecule has 1 fully saturated rings. The Labute approximate surface area is 79.4 Å². The van der Waals surface area contributed by atoms with Crippen LogP contribution in [0.4, 0.5) is 0 Å². The first-order valence-electron chi connectivity index (χ1n) is 5.07. The summed E-state index contributed by atoms with van der Waals surface area (Å²) in [6, 6.07) is 0. The molecule has 1 rings (SSSR count). The van der Waals surface area contributed by atoms with E-state index < -0.39 is 0 Å². The van der Waals surface area contributed by atoms with Gasteiger partial charge in [0.2, 0.25) is 0 Å². The predicted molar refractivity (Wildman–Crippen MR) is 50.1 cm³/mol. The quantitative estimate of drug-likeness (QED) is 0.592. The molecule has 0 aliphatic heterocycles. The standard InChI is InChI=1S/C10H20O3/c1-7-2-3-9(10(7)6-13)8(4-11)5-12/h7-13H,2-6H2,1H3/t7-,9-,10-/m1/s1. The molecule has 0 radical (unpaired) electrons. The summed E-state index contributed by atoms with van der Waals surface area (Å²) in [6.07, 6.45) is 2.13. The maximum Gasteiger partial charge on any atom is 0.0483 e. The maximum atomic E-state index is 9.18. The lowest BCUT2D eigenvalue weighted by Crippen LogP contribution is -2.28. The Bertz CT molecular complexity index is 145. The van der Waals surface area contributed by atoms with Gasteiger partial charge in [0.05, 0.1) is 0 Å². The number of hydrogen-bond donors (Lipinski definition) is 3. The van der Waals surface area contributed by atoms with Gasteiger partial charge in [0.25, 0.3) is 0 Å². The number of hydrogen-bond acceptors (Lipinski definition) is 3. The van der Waals surface area contributed by atoms with E-state index >= 15 is 0 Å². The Hall–Kier alpha value is -0.120. The molecule has 3 nitrogen and oxygen atoms in total. The lowest BCUT2D eigenvalue weighted by molar-refractivity contribution is 0.0623. The normalized spacial score (nSPS) is 34.4. The molecule has 0 spiro atoms. The van der Waals surface area contributed by atoms with Crippen LogP contribution >= 0.6 is 0 Å². The summed E-state index contributed by atoms with van der Waals surface area (Å²) in [6.45, 7) is 2.38. The van der Waals surface area contributed by atoms with Crippen molar-refractivity contribution in [3.05, 3.63) is 0 Å². The van der Waals surface area contributed by atoms with Gasteiger partial charge in [-0.05, 0) is 24.2 Å². The van der Waals surface area contributed by atoms with E-state index in [2.05, 4.69) is 6.92 Å². The molecule has 78 valence electrons. The van der Waals surface area contributed by atoms with Crippen molar-refractivity contribution in [3.8, 4) is 0 Å². The second-order valence-electron chi connectivity index (χ2n) is 4.19. The SMILES string of the molecule is C[C@@H]1CC[C@H](C(CO)CO)[C@@H]1CO. The average molecular weight is 188 g/mol. The van der Waals surface area contributed by atoms with Crippen LogP contribution in [0.3, 0.4) is 0 Å². The molecule has 3 atom stereocenters. The van der Waals surface area contributed by atoms with E-state index in [0.29, 0.717) is 11.8 Å². The molecule has 0 heterocycles. The Balaban J connectivity index is 2.57. The third-order valence-corrected chi connectivity index (χ3v) is 3.52. The van der Waals surface area contributed by atoms with Gasteiger partial charge in [0.1, 0.15) is 0 Å². The molecule has 0 aromatic rings. The zero-order valence-electron chi connectivity index (χ0n) is 8.19. The zero-order chi connectivity index (χ0) is 9.84. The molecule has 0 amide bonds. The first-order chi connectivity index (χ1) is 6.24. The Kier molecular flexibility index (Phi) is 4.16. The molecule has 0 aromatic heterocycles. The van der Waals surface area contributed by atoms with E-state index in [0.717, 1.165) is 12.8 Å². The molecule has 3 N–H and O–H groups in total. The van der Waals surface area contributed by atoms with Crippen molar-refractivity contribution in [1.82, 2.24) is 0 Å². The third-order valence-electron chi connectivity index (χ3n) is 3.52. The lowest BCUT2D eigenvalue weighted by atomic mass is 9.82. The van der Waals surface area contributed by atoms with E-state index in [-0.39, 0.29) is 31.7 Å². The number of rotatable bonds is 4. The fourth-order valence-electron chi connectivity index (χ4n) is 2.53. The Morgan fingerprint density at radius 3 is 2.23 bits per heavy atom. The highest BCUT2D eigenvalue weighted by atomic mass is 16.3. The van der Waals surface area contributed by atoms with Gasteiger partial charge in [0, 0.05) is 25.7 Å². The fraction of sp³-hybridized carbons (Fsp3) is 1.00. The van der Waals surface area contributed by atoms with Gasteiger partial charge in [0.15, 0.2) is 0 Å². The minimum Gasteiger partial charge on any atom is -0.396 e. The molecule has 1 aliphatic rings. The molecule has 3 heteroatoms. The van der Waals surface area contributed by atoms with Crippen molar-refractivity contribution >= 4 is 0 Å². The first kappa shape index (κ1) is 11.0. The molecule has 1 saturated carbocycles. The second kappa shape index (κ2) is 4.94. The van der Waals surface area contributed by atoms with E-state index in [4.69, 9.17) is 10.2 Å². The summed E-state index contributed by atoms with van der Waals surface area (Å²) in [5.41, 5.74) is 0. The summed E-state index contributed by atoms with van der Waals surface area (Å²) >= 11 is 0. The summed E-state index contributed by atoms with van der Waals surface area (Å²) < 4.78 is 0. The smallest absolute Gasteiger partial charge is 0.0483 e. The summed E-state index contributed by atoms with van der Waals surface area (Å²) in [4.78, 5) is 0. The van der Waals surface area contributed by atoms with Gasteiger partial charge >= 0.3 is 0 Å². The summed E-state index contributed by atoms with van der Waals surface area (Å²) in [5.74, 6) is 1.05. The number of aliphatic hydroxyl groups is 3. The van der Waals surface area contributed by atoms with Crippen LogP contribution in [0.2, 0.25) is 0 Å². The molecular formula is C10H20O3. The van der Waals surface area contributed by atoms with Crippen LogP contribution in [0.15, 0.2) is 0 Å². The Morgan fingerprint density at radius 1 is 1.15 bits per heavy atom. The minimum absolute atomic E-state index is 0.0321. The largest absolute Gasteiger partial charge is 0.396 e. The maximum absolute atomic E-state index is 9.18. The topological polar surface area (TPSA) is 60.7 Å². The van der Waals surface area contributed by atoms with E-state index in [9.17, 15) is 5.11 Å². The summed E-state index contributed by atoms with van der Waals surface area (Å²) in [7, 11) is 0. The van der Waals surface area contributed by atoms with Crippen molar-refractivity contribution in [2.45, 2.75) is 19.8 Å². The minimum atomic E-state index is -0.0397. The van der Waals surface area contributed by atoms with Gasteiger partial charge in [-0.2, -0.15) is 0 Å². The van der Waals surface area contributed by atoms with Crippen molar-refractivity contribution < 1.29 is 15.3 Å². The molecule has 13 heavy (non-hydrogen) atoms. The third kappa shape index (κ3) is 2.22. The van der Waals surface area contributed by atoms with Gasteiger partial charge in [-0.15, -0.1) is 0 Å². The molecular weight excluding hydrogens is 168 g/mol. The van der Waals surface area contributed by atoms with Gasteiger partial charge < -0.3 is 15.3 Å². The van der Waals surface area contributed by atoms with Crippen LogP contribution in [0, 0.1) is 23.7 Å². The molecule has 0 saturated heterocycles. The lowest BCUT2D eigenvalue weighted by Gasteiger charge is -2.26. The highest BCUT2D eigenvalue weighted by Crippen LogP contribution is 2.40. The zero-order valence-corrected chi connectivity index (χ0v) is 8.19. The molecule has 1 aliphatic carbocycles. The second-order valence-corrected chi connectivity index (χ2v) is 4.19. The van der Waals surface area contributed by atoms with Crippen LogP contribution in [-0.4, -0.2) is 35.1 Å². The molecule has 0 bridgehead atoms. The summed E-state index contributed by atoms with van der Waals surface area (Å²) in [5, 5.41) is 27.3. The van der Waals surface area contributed by atoms with Crippen LogP contribution < -0.4 is 0 Å². The Morgan fingerprint density at radius 2 is 1.77 bits per heavy atom. The van der Waals surface area contributed by atoms with E-state index in [1.54, 1.807) is 0 Å². The molecule has 0 aromatic carbocycles. The van der Waals surface area contributed by atoms with Crippen molar-refractivity contribution in [3.63, 3.8) is 0 Å². The van der Waals surface area contributed by atoms with Crippen LogP contribution in [0.1, 0.15) is 19.8 Å². The van der Waals surface area contributed by atoms with Gasteiger partial charge in [-0.25, -0.2) is 0 Å². The highest BCUT2D eigenvalue weighted by Gasteiger charge is 2.36. The number of aliphatic hydroxyl groups excluding tert-OH is 3. The van der Waals surface area contributed by atoms with Gasteiger partial charge in [-0.1, -0.05) is 13.3 Å². The fourth-order valence-corrected chi connectivity index (χ4v) is 2.53. The van der Waals surface area contributed by atoms with Gasteiger partial charge in [-0.3, -0.25) is 0 Å².